The van der Waals surface area contributed by atoms with E-state index in [1.807, 2.05) is 26.0 Å². The number of nitrogens with zero attached hydrogens (tertiary/aromatic N) is 4. The van der Waals surface area contributed by atoms with Gasteiger partial charge in [0.05, 0.1) is 10.9 Å². The highest BCUT2D eigenvalue weighted by atomic mass is 32.2. The van der Waals surface area contributed by atoms with Crippen molar-refractivity contribution in [1.82, 2.24) is 25.5 Å². The minimum atomic E-state index is -0.249. The Hall–Kier alpha value is -1.89. The zero-order valence-corrected chi connectivity index (χ0v) is 14.8. The van der Waals surface area contributed by atoms with Crippen LogP contribution in [0.25, 0.3) is 5.69 Å². The minimum Gasteiger partial charge on any atom is -0.355 e. The first kappa shape index (κ1) is 17.5. The highest BCUT2D eigenvalue weighted by molar-refractivity contribution is 8.00. The van der Waals surface area contributed by atoms with Gasteiger partial charge in [-0.15, -0.1) is 5.10 Å². The zero-order valence-electron chi connectivity index (χ0n) is 14.0. The first-order chi connectivity index (χ1) is 11.0. The lowest BCUT2D eigenvalue weighted by Crippen LogP contribution is -2.31. The van der Waals surface area contributed by atoms with Crippen molar-refractivity contribution in [1.29, 1.82) is 0 Å². The Morgan fingerprint density at radius 1 is 1.26 bits per heavy atom. The Balaban J connectivity index is 2.11. The lowest BCUT2D eigenvalue weighted by molar-refractivity contribution is -0.120. The van der Waals surface area contributed by atoms with Crippen LogP contribution >= 0.6 is 11.8 Å². The molecule has 0 saturated heterocycles. The first-order valence-corrected chi connectivity index (χ1v) is 8.74. The molecule has 7 heteroatoms. The maximum absolute atomic E-state index is 12.0. The van der Waals surface area contributed by atoms with Crippen LogP contribution in [0.5, 0.6) is 0 Å². The van der Waals surface area contributed by atoms with Crippen LogP contribution in [-0.2, 0) is 4.79 Å². The number of carbonyl (C=O) groups excluding carboxylic acids is 1. The SMILES string of the molecule is CCCNC(=O)C(C)Sc1nnnn1-c1ccc(C(C)C)cc1. The van der Waals surface area contributed by atoms with Crippen LogP contribution in [0.1, 0.15) is 45.6 Å². The third kappa shape index (κ3) is 4.54. The maximum Gasteiger partial charge on any atom is 0.233 e. The van der Waals surface area contributed by atoms with E-state index in [0.717, 1.165) is 12.1 Å². The van der Waals surface area contributed by atoms with Gasteiger partial charge in [0.25, 0.3) is 0 Å². The van der Waals surface area contributed by atoms with Gasteiger partial charge in [0.2, 0.25) is 11.1 Å². The Labute approximate surface area is 141 Å². The average molecular weight is 333 g/mol. The van der Waals surface area contributed by atoms with E-state index in [-0.39, 0.29) is 11.2 Å². The number of benzene rings is 1. The van der Waals surface area contributed by atoms with Crippen LogP contribution in [-0.4, -0.2) is 37.9 Å². The van der Waals surface area contributed by atoms with Gasteiger partial charge in [-0.3, -0.25) is 4.79 Å². The van der Waals surface area contributed by atoms with Crippen molar-refractivity contribution in [3.8, 4) is 5.69 Å². The Morgan fingerprint density at radius 3 is 2.57 bits per heavy atom. The molecule has 1 N–H and O–H groups in total. The van der Waals surface area contributed by atoms with Crippen molar-refractivity contribution in [3.05, 3.63) is 29.8 Å². The molecule has 1 atom stereocenters. The summed E-state index contributed by atoms with van der Waals surface area (Å²) in [5.41, 5.74) is 2.16. The van der Waals surface area contributed by atoms with E-state index in [1.54, 1.807) is 4.68 Å². The normalized spacial score (nSPS) is 12.4. The fourth-order valence-corrected chi connectivity index (χ4v) is 2.85. The third-order valence-electron chi connectivity index (χ3n) is 3.45. The predicted octanol–water partition coefficient (Wildman–Crippen LogP) is 2.79. The van der Waals surface area contributed by atoms with Crippen LogP contribution in [0.4, 0.5) is 0 Å². The highest BCUT2D eigenvalue weighted by Gasteiger charge is 2.18. The van der Waals surface area contributed by atoms with Gasteiger partial charge in [-0.2, -0.15) is 4.68 Å². The molecule has 0 aliphatic rings. The van der Waals surface area contributed by atoms with E-state index in [0.29, 0.717) is 17.6 Å². The molecular formula is C16H23N5OS. The molecule has 0 fully saturated rings. The van der Waals surface area contributed by atoms with Gasteiger partial charge in [0, 0.05) is 6.54 Å². The van der Waals surface area contributed by atoms with Gasteiger partial charge < -0.3 is 5.32 Å². The standard InChI is InChI=1S/C16H23N5OS/c1-5-10-17-15(22)12(4)23-16-18-19-20-21(16)14-8-6-13(7-9-14)11(2)3/h6-9,11-12H,5,10H2,1-4H3,(H,17,22). The summed E-state index contributed by atoms with van der Waals surface area (Å²) < 4.78 is 1.67. The molecule has 0 aliphatic carbocycles. The number of rotatable bonds is 7. The summed E-state index contributed by atoms with van der Waals surface area (Å²) in [7, 11) is 0. The average Bonchev–Trinajstić information content (AvgIpc) is 3.00. The number of aromatic nitrogens is 4. The molecule has 1 amide bonds. The van der Waals surface area contributed by atoms with Gasteiger partial charge in [0.15, 0.2) is 0 Å². The molecule has 1 aromatic heterocycles. The lowest BCUT2D eigenvalue weighted by Gasteiger charge is -2.11. The van der Waals surface area contributed by atoms with Crippen molar-refractivity contribution in [2.45, 2.75) is 50.4 Å². The van der Waals surface area contributed by atoms with Gasteiger partial charge >= 0.3 is 0 Å². The van der Waals surface area contributed by atoms with Crippen LogP contribution in [0.3, 0.4) is 0 Å². The van der Waals surface area contributed by atoms with Gasteiger partial charge in [-0.1, -0.05) is 44.7 Å². The van der Waals surface area contributed by atoms with E-state index in [9.17, 15) is 4.79 Å². The molecule has 6 nitrogen and oxygen atoms in total. The van der Waals surface area contributed by atoms with E-state index in [2.05, 4.69) is 46.8 Å². The topological polar surface area (TPSA) is 72.7 Å². The molecule has 2 aromatic rings. The number of hydrogen-bond donors (Lipinski definition) is 1. The summed E-state index contributed by atoms with van der Waals surface area (Å²) >= 11 is 1.36. The molecule has 0 saturated carbocycles. The second-order valence-electron chi connectivity index (χ2n) is 5.67. The smallest absolute Gasteiger partial charge is 0.233 e. The number of tetrazole rings is 1. The molecule has 0 spiro atoms. The van der Waals surface area contributed by atoms with Crippen LogP contribution in [0.2, 0.25) is 0 Å². The lowest BCUT2D eigenvalue weighted by atomic mass is 10.0. The molecule has 124 valence electrons. The number of carbonyl (C=O) groups is 1. The molecule has 0 aliphatic heterocycles. The van der Waals surface area contributed by atoms with Crippen LogP contribution in [0, 0.1) is 0 Å². The predicted molar refractivity (Wildman–Crippen MR) is 91.9 cm³/mol. The first-order valence-electron chi connectivity index (χ1n) is 7.86. The number of hydrogen-bond acceptors (Lipinski definition) is 5. The zero-order chi connectivity index (χ0) is 16.8. The monoisotopic (exact) mass is 333 g/mol. The number of nitrogens with one attached hydrogen (secondary N) is 1. The Morgan fingerprint density at radius 2 is 1.96 bits per heavy atom. The molecule has 1 aromatic carbocycles. The number of amides is 1. The highest BCUT2D eigenvalue weighted by Crippen LogP contribution is 2.24. The largest absolute Gasteiger partial charge is 0.355 e. The number of thioether (sulfide) groups is 1. The van der Waals surface area contributed by atoms with E-state index < -0.39 is 0 Å². The molecule has 1 unspecified atom stereocenters. The Kier molecular flexibility index (Phi) is 6.15. The van der Waals surface area contributed by atoms with Gasteiger partial charge in [-0.25, -0.2) is 0 Å². The minimum absolute atomic E-state index is 0.00144. The van der Waals surface area contributed by atoms with Crippen LogP contribution in [0.15, 0.2) is 29.4 Å². The summed E-state index contributed by atoms with van der Waals surface area (Å²) in [5.74, 6) is 0.482. The van der Waals surface area contributed by atoms with Crippen molar-refractivity contribution >= 4 is 17.7 Å². The van der Waals surface area contributed by atoms with Crippen molar-refractivity contribution in [3.63, 3.8) is 0 Å². The van der Waals surface area contributed by atoms with E-state index >= 15 is 0 Å². The van der Waals surface area contributed by atoms with Crippen molar-refractivity contribution in [2.75, 3.05) is 6.54 Å². The van der Waals surface area contributed by atoms with Crippen molar-refractivity contribution in [2.24, 2.45) is 0 Å². The molecule has 2 rings (SSSR count). The van der Waals surface area contributed by atoms with Gasteiger partial charge in [-0.05, 0) is 47.4 Å². The third-order valence-corrected chi connectivity index (χ3v) is 4.48. The fraction of sp³-hybridized carbons (Fsp3) is 0.500. The molecule has 23 heavy (non-hydrogen) atoms. The second kappa shape index (κ2) is 8.10. The summed E-state index contributed by atoms with van der Waals surface area (Å²) in [5, 5.41) is 15.1. The summed E-state index contributed by atoms with van der Waals surface area (Å²) in [6, 6.07) is 8.15. The molecule has 0 radical (unpaired) electrons. The van der Waals surface area contributed by atoms with E-state index in [1.165, 1.54) is 17.3 Å². The fourth-order valence-electron chi connectivity index (χ4n) is 2.02. The van der Waals surface area contributed by atoms with E-state index in [4.69, 9.17) is 0 Å². The van der Waals surface area contributed by atoms with Crippen molar-refractivity contribution < 1.29 is 4.79 Å². The summed E-state index contributed by atoms with van der Waals surface area (Å²) in [6.45, 7) is 8.88. The summed E-state index contributed by atoms with van der Waals surface area (Å²) in [6.07, 6.45) is 0.920. The molecule has 0 bridgehead atoms. The van der Waals surface area contributed by atoms with Gasteiger partial charge in [0.1, 0.15) is 0 Å². The maximum atomic E-state index is 12.0. The van der Waals surface area contributed by atoms with Crippen LogP contribution < -0.4 is 5.32 Å². The summed E-state index contributed by atoms with van der Waals surface area (Å²) in [4.78, 5) is 12.0. The quantitative estimate of drug-likeness (QED) is 0.789. The second-order valence-corrected chi connectivity index (χ2v) is 6.98. The molecule has 1 heterocycles. The Bertz CT molecular complexity index is 638. The molecular weight excluding hydrogens is 310 g/mol.